The molecule has 1 aromatic rings. The summed E-state index contributed by atoms with van der Waals surface area (Å²) < 4.78 is 0. The van der Waals surface area contributed by atoms with E-state index in [-0.39, 0.29) is 12.3 Å². The highest BCUT2D eigenvalue weighted by molar-refractivity contribution is 5.89. The molecule has 4 N–H and O–H groups in total. The van der Waals surface area contributed by atoms with E-state index in [2.05, 4.69) is 20.6 Å². The van der Waals surface area contributed by atoms with E-state index in [9.17, 15) is 14.4 Å². The van der Waals surface area contributed by atoms with E-state index >= 15 is 0 Å². The molecule has 0 fully saturated rings. The van der Waals surface area contributed by atoms with E-state index in [1.54, 1.807) is 6.20 Å². The van der Waals surface area contributed by atoms with Crippen LogP contribution in [0.5, 0.6) is 0 Å². The van der Waals surface area contributed by atoms with Crippen molar-refractivity contribution >= 4 is 17.8 Å². The fourth-order valence-corrected chi connectivity index (χ4v) is 1.48. The zero-order valence-corrected chi connectivity index (χ0v) is 10.6. The lowest BCUT2D eigenvalue weighted by atomic mass is 10.1. The maximum Gasteiger partial charge on any atom is 0.326 e. The predicted molar refractivity (Wildman–Crippen MR) is 65.1 cm³/mol. The smallest absolute Gasteiger partial charge is 0.326 e. The van der Waals surface area contributed by atoms with Crippen molar-refractivity contribution in [3.8, 4) is 0 Å². The van der Waals surface area contributed by atoms with Gasteiger partial charge in [0.2, 0.25) is 11.8 Å². The average Bonchev–Trinajstić information content (AvgIpc) is 2.79. The van der Waals surface area contributed by atoms with Gasteiger partial charge < -0.3 is 20.7 Å². The number of carbonyl (C=O) groups excluding carboxylic acids is 2. The number of carbonyl (C=O) groups is 3. The number of rotatable bonds is 6. The van der Waals surface area contributed by atoms with E-state index in [4.69, 9.17) is 5.11 Å². The lowest BCUT2D eigenvalue weighted by molar-refractivity contribution is -0.142. The molecule has 1 rings (SSSR count). The molecule has 0 aliphatic heterocycles. The molecular formula is C11H16N4O4. The van der Waals surface area contributed by atoms with Crippen molar-refractivity contribution in [1.29, 1.82) is 0 Å². The summed E-state index contributed by atoms with van der Waals surface area (Å²) in [6.45, 7) is 2.76. The third-order valence-electron chi connectivity index (χ3n) is 2.40. The van der Waals surface area contributed by atoms with Crippen LogP contribution in [0.2, 0.25) is 0 Å². The molecule has 0 saturated heterocycles. The van der Waals surface area contributed by atoms with Crippen molar-refractivity contribution in [1.82, 2.24) is 20.6 Å². The summed E-state index contributed by atoms with van der Waals surface area (Å²) in [6, 6.07) is -1.88. The maximum atomic E-state index is 11.7. The van der Waals surface area contributed by atoms with Crippen LogP contribution in [0.1, 0.15) is 19.5 Å². The van der Waals surface area contributed by atoms with Gasteiger partial charge in [0, 0.05) is 19.5 Å². The SMILES string of the molecule is CC(=O)NC(C)C(=O)NC(Cc1c[nH]cn1)C(=O)O. The summed E-state index contributed by atoms with van der Waals surface area (Å²) >= 11 is 0. The van der Waals surface area contributed by atoms with Crippen molar-refractivity contribution in [3.63, 3.8) is 0 Å². The second-order valence-corrected chi connectivity index (χ2v) is 4.09. The average molecular weight is 268 g/mol. The standard InChI is InChI=1S/C11H16N4O4/c1-6(14-7(2)16)10(17)15-9(11(18)19)3-8-4-12-5-13-8/h4-6,9H,3H2,1-2H3,(H,12,13)(H,14,16)(H,15,17)(H,18,19). The quantitative estimate of drug-likeness (QED) is 0.529. The highest BCUT2D eigenvalue weighted by Gasteiger charge is 2.24. The highest BCUT2D eigenvalue weighted by Crippen LogP contribution is 1.99. The Balaban J connectivity index is 2.61. The summed E-state index contributed by atoms with van der Waals surface area (Å²) in [6.07, 6.45) is 3.05. The first-order valence-corrected chi connectivity index (χ1v) is 5.68. The number of amides is 2. The van der Waals surface area contributed by atoms with Crippen LogP contribution in [0.4, 0.5) is 0 Å². The number of imidazole rings is 1. The molecule has 19 heavy (non-hydrogen) atoms. The number of nitrogens with one attached hydrogen (secondary N) is 3. The first-order chi connectivity index (χ1) is 8.90. The molecule has 104 valence electrons. The molecule has 1 heterocycles. The van der Waals surface area contributed by atoms with Gasteiger partial charge in [-0.2, -0.15) is 0 Å². The van der Waals surface area contributed by atoms with Crippen molar-refractivity contribution < 1.29 is 19.5 Å². The van der Waals surface area contributed by atoms with Gasteiger partial charge in [0.25, 0.3) is 0 Å². The van der Waals surface area contributed by atoms with Crippen LogP contribution in [0.15, 0.2) is 12.5 Å². The van der Waals surface area contributed by atoms with Crippen LogP contribution in [-0.2, 0) is 20.8 Å². The molecule has 0 radical (unpaired) electrons. The van der Waals surface area contributed by atoms with Gasteiger partial charge in [-0.1, -0.05) is 0 Å². The number of aromatic amines is 1. The van der Waals surface area contributed by atoms with Crippen LogP contribution in [0, 0.1) is 0 Å². The number of aromatic nitrogens is 2. The number of carboxylic acids is 1. The fraction of sp³-hybridized carbons (Fsp3) is 0.455. The largest absolute Gasteiger partial charge is 0.480 e. The van der Waals surface area contributed by atoms with Gasteiger partial charge in [-0.15, -0.1) is 0 Å². The van der Waals surface area contributed by atoms with E-state index < -0.39 is 24.0 Å². The topological polar surface area (TPSA) is 124 Å². The molecule has 0 aliphatic rings. The van der Waals surface area contributed by atoms with Crippen LogP contribution < -0.4 is 10.6 Å². The van der Waals surface area contributed by atoms with Crippen molar-refractivity contribution in [2.45, 2.75) is 32.4 Å². The molecule has 0 bridgehead atoms. The molecule has 0 aromatic carbocycles. The third-order valence-corrected chi connectivity index (χ3v) is 2.40. The van der Waals surface area contributed by atoms with Gasteiger partial charge in [-0.05, 0) is 6.92 Å². The lowest BCUT2D eigenvalue weighted by Crippen LogP contribution is -2.50. The molecule has 2 unspecified atom stereocenters. The Kier molecular flexibility index (Phi) is 5.04. The number of hydrogen-bond donors (Lipinski definition) is 4. The molecular weight excluding hydrogens is 252 g/mol. The summed E-state index contributed by atoms with van der Waals surface area (Å²) in [5.41, 5.74) is 0.528. The number of carboxylic acid groups (broad SMARTS) is 1. The van der Waals surface area contributed by atoms with Crippen molar-refractivity contribution in [2.24, 2.45) is 0 Å². The second kappa shape index (κ2) is 6.53. The Morgan fingerprint density at radius 2 is 2.11 bits per heavy atom. The van der Waals surface area contributed by atoms with Gasteiger partial charge in [0.05, 0.1) is 12.0 Å². The minimum absolute atomic E-state index is 0.0668. The van der Waals surface area contributed by atoms with Crippen LogP contribution in [0.3, 0.4) is 0 Å². The minimum Gasteiger partial charge on any atom is -0.480 e. The first kappa shape index (κ1) is 14.7. The second-order valence-electron chi connectivity index (χ2n) is 4.09. The van der Waals surface area contributed by atoms with E-state index in [1.165, 1.54) is 20.2 Å². The van der Waals surface area contributed by atoms with Crippen LogP contribution in [-0.4, -0.2) is 44.9 Å². The zero-order chi connectivity index (χ0) is 14.4. The summed E-state index contributed by atoms with van der Waals surface area (Å²) in [5, 5.41) is 13.8. The Morgan fingerprint density at radius 1 is 1.42 bits per heavy atom. The predicted octanol–water partition coefficient (Wildman–Crippen LogP) is -0.954. The third kappa shape index (κ3) is 4.78. The summed E-state index contributed by atoms with van der Waals surface area (Å²) in [5.74, 6) is -2.08. The van der Waals surface area contributed by atoms with Crippen LogP contribution >= 0.6 is 0 Å². The first-order valence-electron chi connectivity index (χ1n) is 5.68. The Morgan fingerprint density at radius 3 is 2.58 bits per heavy atom. The Hall–Kier alpha value is -2.38. The Labute approximate surface area is 109 Å². The lowest BCUT2D eigenvalue weighted by Gasteiger charge is -2.17. The Bertz CT molecular complexity index is 457. The van der Waals surface area contributed by atoms with Crippen LogP contribution in [0.25, 0.3) is 0 Å². The van der Waals surface area contributed by atoms with E-state index in [0.717, 1.165) is 0 Å². The molecule has 1 aromatic heterocycles. The van der Waals surface area contributed by atoms with Gasteiger partial charge in [0.15, 0.2) is 0 Å². The number of H-pyrrole nitrogens is 1. The van der Waals surface area contributed by atoms with E-state index in [0.29, 0.717) is 5.69 Å². The maximum absolute atomic E-state index is 11.7. The zero-order valence-electron chi connectivity index (χ0n) is 10.6. The van der Waals surface area contributed by atoms with Crippen molar-refractivity contribution in [3.05, 3.63) is 18.2 Å². The molecule has 0 aliphatic carbocycles. The number of nitrogens with zero attached hydrogens (tertiary/aromatic N) is 1. The molecule has 2 amide bonds. The monoisotopic (exact) mass is 268 g/mol. The normalized spacial score (nSPS) is 13.4. The molecule has 8 heteroatoms. The van der Waals surface area contributed by atoms with Gasteiger partial charge >= 0.3 is 5.97 Å². The fourth-order valence-electron chi connectivity index (χ4n) is 1.48. The van der Waals surface area contributed by atoms with Gasteiger partial charge in [-0.25, -0.2) is 9.78 Å². The molecule has 8 nitrogen and oxygen atoms in total. The van der Waals surface area contributed by atoms with Crippen molar-refractivity contribution in [2.75, 3.05) is 0 Å². The molecule has 2 atom stereocenters. The number of aliphatic carboxylic acids is 1. The summed E-state index contributed by atoms with van der Waals surface area (Å²) in [4.78, 5) is 40.2. The van der Waals surface area contributed by atoms with E-state index in [1.807, 2.05) is 0 Å². The molecule has 0 saturated carbocycles. The number of hydrogen-bond acceptors (Lipinski definition) is 4. The highest BCUT2D eigenvalue weighted by atomic mass is 16.4. The minimum atomic E-state index is -1.16. The summed E-state index contributed by atoms with van der Waals surface area (Å²) in [7, 11) is 0. The van der Waals surface area contributed by atoms with Gasteiger partial charge in [0.1, 0.15) is 12.1 Å². The molecule has 0 spiro atoms. The van der Waals surface area contributed by atoms with Gasteiger partial charge in [-0.3, -0.25) is 9.59 Å².